The second-order valence-corrected chi connectivity index (χ2v) is 6.88. The maximum absolute atomic E-state index is 11.4. The second kappa shape index (κ2) is 9.26. The van der Waals surface area contributed by atoms with Crippen LogP contribution in [0.25, 0.3) is 11.1 Å². The zero-order valence-electron chi connectivity index (χ0n) is 16.4. The fourth-order valence-electron chi connectivity index (χ4n) is 3.18. The van der Waals surface area contributed by atoms with Crippen molar-refractivity contribution in [3.05, 3.63) is 65.5 Å². The van der Waals surface area contributed by atoms with Crippen LogP contribution in [0.2, 0.25) is 0 Å². The molecule has 0 saturated heterocycles. The number of carboxylic acids is 1. The lowest BCUT2D eigenvalue weighted by atomic mass is 10.0. The lowest BCUT2D eigenvalue weighted by molar-refractivity contribution is 0.0697. The van der Waals surface area contributed by atoms with Crippen molar-refractivity contribution in [2.45, 2.75) is 52.5 Å². The van der Waals surface area contributed by atoms with Crippen molar-refractivity contribution in [1.29, 1.82) is 0 Å². The molecule has 3 rings (SSSR count). The Morgan fingerprint density at radius 2 is 1.86 bits per heavy atom. The molecule has 0 atom stereocenters. The van der Waals surface area contributed by atoms with Crippen LogP contribution >= 0.6 is 0 Å². The van der Waals surface area contributed by atoms with Crippen LogP contribution in [0.15, 0.2) is 42.7 Å². The van der Waals surface area contributed by atoms with E-state index in [4.69, 9.17) is 10.1 Å². The zero-order valence-corrected chi connectivity index (χ0v) is 16.4. The maximum atomic E-state index is 11.4. The lowest BCUT2D eigenvalue weighted by Crippen LogP contribution is -2.07. The Kier molecular flexibility index (Phi) is 6.53. The van der Waals surface area contributed by atoms with E-state index >= 15 is 0 Å². The molecule has 0 bridgehead atoms. The SMILES string of the molecule is CCCCc1nc(CCC)n(Cc2ccc(-c3cnccc3C(=O)O)cc2)n1. The molecule has 0 unspecified atom stereocenters. The van der Waals surface area contributed by atoms with Gasteiger partial charge >= 0.3 is 5.97 Å². The highest BCUT2D eigenvalue weighted by Crippen LogP contribution is 2.23. The van der Waals surface area contributed by atoms with E-state index in [0.717, 1.165) is 54.9 Å². The van der Waals surface area contributed by atoms with Gasteiger partial charge < -0.3 is 5.11 Å². The summed E-state index contributed by atoms with van der Waals surface area (Å²) in [7, 11) is 0. The van der Waals surface area contributed by atoms with Gasteiger partial charge in [-0.25, -0.2) is 14.5 Å². The number of rotatable bonds is 9. The van der Waals surface area contributed by atoms with Crippen LogP contribution in [0.4, 0.5) is 0 Å². The monoisotopic (exact) mass is 378 g/mol. The number of hydrogen-bond acceptors (Lipinski definition) is 4. The van der Waals surface area contributed by atoms with Crippen molar-refractivity contribution in [1.82, 2.24) is 19.7 Å². The van der Waals surface area contributed by atoms with E-state index in [9.17, 15) is 9.90 Å². The predicted octanol–water partition coefficient (Wildman–Crippen LogP) is 4.38. The first-order valence-electron chi connectivity index (χ1n) is 9.81. The minimum absolute atomic E-state index is 0.254. The molecule has 146 valence electrons. The third kappa shape index (κ3) is 4.63. The quantitative estimate of drug-likeness (QED) is 0.597. The molecule has 2 heterocycles. The van der Waals surface area contributed by atoms with Crippen LogP contribution in [-0.2, 0) is 19.4 Å². The standard InChI is InChI=1S/C22H26N4O2/c1-3-5-7-20-24-21(6-4-2)26(25-20)15-16-8-10-17(11-9-16)19-14-23-13-12-18(19)22(27)28/h8-14H,3-7,15H2,1-2H3,(H,27,28). The normalized spacial score (nSPS) is 10.9. The predicted molar refractivity (Wildman–Crippen MR) is 108 cm³/mol. The zero-order chi connectivity index (χ0) is 19.9. The topological polar surface area (TPSA) is 80.9 Å². The summed E-state index contributed by atoms with van der Waals surface area (Å²) in [6, 6.07) is 9.42. The molecular formula is C22H26N4O2. The first-order valence-corrected chi connectivity index (χ1v) is 9.81. The molecule has 2 aromatic heterocycles. The maximum Gasteiger partial charge on any atom is 0.336 e. The van der Waals surface area contributed by atoms with Crippen molar-refractivity contribution >= 4 is 5.97 Å². The van der Waals surface area contributed by atoms with E-state index in [1.54, 1.807) is 6.20 Å². The van der Waals surface area contributed by atoms with E-state index in [1.807, 2.05) is 28.9 Å². The van der Waals surface area contributed by atoms with Crippen molar-refractivity contribution < 1.29 is 9.90 Å². The van der Waals surface area contributed by atoms with Gasteiger partial charge in [-0.05, 0) is 30.0 Å². The molecule has 0 aliphatic carbocycles. The Labute approximate surface area is 165 Å². The highest BCUT2D eigenvalue weighted by atomic mass is 16.4. The van der Waals surface area contributed by atoms with Crippen LogP contribution in [0.1, 0.15) is 60.7 Å². The number of hydrogen-bond donors (Lipinski definition) is 1. The van der Waals surface area contributed by atoms with Gasteiger partial charge in [-0.1, -0.05) is 44.5 Å². The number of carbonyl (C=O) groups is 1. The average Bonchev–Trinajstić information content (AvgIpc) is 3.08. The minimum Gasteiger partial charge on any atom is -0.478 e. The van der Waals surface area contributed by atoms with Gasteiger partial charge in [-0.2, -0.15) is 5.10 Å². The molecule has 0 spiro atoms. The fourth-order valence-corrected chi connectivity index (χ4v) is 3.18. The van der Waals surface area contributed by atoms with Crippen molar-refractivity contribution in [2.24, 2.45) is 0 Å². The molecule has 1 N–H and O–H groups in total. The molecule has 28 heavy (non-hydrogen) atoms. The van der Waals surface area contributed by atoms with Crippen molar-refractivity contribution in [3.63, 3.8) is 0 Å². The fraction of sp³-hybridized carbons (Fsp3) is 0.364. The Morgan fingerprint density at radius 3 is 2.54 bits per heavy atom. The average molecular weight is 378 g/mol. The van der Waals surface area contributed by atoms with Crippen LogP contribution < -0.4 is 0 Å². The Balaban J connectivity index is 1.81. The molecule has 0 radical (unpaired) electrons. The minimum atomic E-state index is -0.951. The van der Waals surface area contributed by atoms with Gasteiger partial charge in [-0.15, -0.1) is 0 Å². The van der Waals surface area contributed by atoms with Crippen molar-refractivity contribution in [2.75, 3.05) is 0 Å². The van der Waals surface area contributed by atoms with Crippen LogP contribution in [-0.4, -0.2) is 30.8 Å². The summed E-state index contributed by atoms with van der Waals surface area (Å²) < 4.78 is 2.00. The Morgan fingerprint density at radius 1 is 1.07 bits per heavy atom. The van der Waals surface area contributed by atoms with Gasteiger partial charge in [0.15, 0.2) is 5.82 Å². The van der Waals surface area contributed by atoms with Gasteiger partial charge in [0.05, 0.1) is 12.1 Å². The largest absolute Gasteiger partial charge is 0.478 e. The number of unbranched alkanes of at least 4 members (excludes halogenated alkanes) is 1. The van der Waals surface area contributed by atoms with E-state index < -0.39 is 5.97 Å². The van der Waals surface area contributed by atoms with Gasteiger partial charge in [0, 0.05) is 30.8 Å². The molecule has 0 fully saturated rings. The van der Waals surface area contributed by atoms with Crippen molar-refractivity contribution in [3.8, 4) is 11.1 Å². The second-order valence-electron chi connectivity index (χ2n) is 6.88. The summed E-state index contributed by atoms with van der Waals surface area (Å²) in [5.74, 6) is 0.995. The Hall–Kier alpha value is -3.02. The number of carboxylic acid groups (broad SMARTS) is 1. The van der Waals surface area contributed by atoms with Crippen LogP contribution in [0.5, 0.6) is 0 Å². The third-order valence-electron chi connectivity index (χ3n) is 4.67. The highest BCUT2D eigenvalue weighted by molar-refractivity contribution is 5.95. The van der Waals surface area contributed by atoms with E-state index in [2.05, 4.69) is 18.8 Å². The van der Waals surface area contributed by atoms with Crippen LogP contribution in [0.3, 0.4) is 0 Å². The lowest BCUT2D eigenvalue weighted by Gasteiger charge is -2.08. The first-order chi connectivity index (χ1) is 13.6. The smallest absolute Gasteiger partial charge is 0.336 e. The number of benzene rings is 1. The summed E-state index contributed by atoms with van der Waals surface area (Å²) in [5.41, 5.74) is 2.82. The number of aromatic nitrogens is 4. The number of nitrogens with zero attached hydrogens (tertiary/aromatic N) is 4. The van der Waals surface area contributed by atoms with E-state index in [-0.39, 0.29) is 5.56 Å². The van der Waals surface area contributed by atoms with Gasteiger partial charge in [-0.3, -0.25) is 4.98 Å². The van der Waals surface area contributed by atoms with Gasteiger partial charge in [0.25, 0.3) is 0 Å². The molecule has 0 saturated carbocycles. The Bertz CT molecular complexity index is 932. The molecule has 0 aliphatic heterocycles. The molecule has 6 heteroatoms. The van der Waals surface area contributed by atoms with E-state index in [0.29, 0.717) is 12.1 Å². The number of pyridine rings is 1. The summed E-state index contributed by atoms with van der Waals surface area (Å²) in [4.78, 5) is 20.2. The highest BCUT2D eigenvalue weighted by Gasteiger charge is 2.13. The number of aromatic carboxylic acids is 1. The summed E-state index contributed by atoms with van der Waals surface area (Å²) in [6.07, 6.45) is 8.18. The van der Waals surface area contributed by atoms with E-state index in [1.165, 1.54) is 12.3 Å². The summed E-state index contributed by atoms with van der Waals surface area (Å²) in [6.45, 7) is 4.98. The molecule has 0 amide bonds. The molecule has 3 aromatic rings. The summed E-state index contributed by atoms with van der Waals surface area (Å²) in [5, 5.41) is 14.1. The third-order valence-corrected chi connectivity index (χ3v) is 4.67. The molecule has 0 aliphatic rings. The van der Waals surface area contributed by atoms with Crippen LogP contribution in [0, 0.1) is 0 Å². The molecule has 6 nitrogen and oxygen atoms in total. The number of aryl methyl sites for hydroxylation is 2. The molecular weight excluding hydrogens is 352 g/mol. The van der Waals surface area contributed by atoms with Gasteiger partial charge in [0.1, 0.15) is 5.82 Å². The first kappa shape index (κ1) is 19.7. The van der Waals surface area contributed by atoms with Gasteiger partial charge in [0.2, 0.25) is 0 Å². The molecule has 1 aromatic carbocycles. The summed E-state index contributed by atoms with van der Waals surface area (Å²) >= 11 is 0.